The molecule has 0 aliphatic carbocycles. The van der Waals surface area contributed by atoms with Gasteiger partial charge in [-0.1, -0.05) is 64.0 Å². The zero-order valence-electron chi connectivity index (χ0n) is 16.2. The van der Waals surface area contributed by atoms with E-state index in [1.807, 2.05) is 0 Å². The first kappa shape index (κ1) is 26.3. The number of rotatable bonds is 16. The normalized spacial score (nSPS) is 12.0. The highest BCUT2D eigenvalue weighted by atomic mass is 16.4. The number of allylic oxidation sites excluding steroid dienone is 1. The average Bonchev–Trinajstić information content (AvgIpc) is 2.60. The lowest BCUT2D eigenvalue weighted by Gasteiger charge is -2.07. The Bertz CT molecular complexity index is 293. The van der Waals surface area contributed by atoms with Crippen LogP contribution in [0.2, 0.25) is 0 Å². The Balaban J connectivity index is 0. The van der Waals surface area contributed by atoms with Crippen LogP contribution in [0.5, 0.6) is 0 Å². The number of aliphatic hydroxyl groups excluding tert-OH is 2. The molecular weight excluding hydrogens is 318 g/mol. The number of unbranched alkanes of at least 4 members (excludes halogenated alkanes) is 8. The second-order valence-corrected chi connectivity index (χ2v) is 6.42. The van der Waals surface area contributed by atoms with Gasteiger partial charge in [0.05, 0.1) is 12.7 Å². The van der Waals surface area contributed by atoms with Gasteiger partial charge in [-0.05, 0) is 32.1 Å². The number of nitrogens with two attached hydrogens (primary N) is 1. The summed E-state index contributed by atoms with van der Waals surface area (Å²) < 4.78 is 0. The van der Waals surface area contributed by atoms with Crippen molar-refractivity contribution in [1.29, 1.82) is 0 Å². The van der Waals surface area contributed by atoms with Crippen LogP contribution >= 0.6 is 0 Å². The predicted octanol–water partition coefficient (Wildman–Crippen LogP) is 4.02. The Kier molecular flexibility index (Phi) is 24.3. The molecule has 0 amide bonds. The number of carbonyl (C=O) groups is 1. The number of carboxylic acid groups (broad SMARTS) is 1. The molecule has 5 heteroatoms. The third-order valence-electron chi connectivity index (χ3n) is 3.86. The number of aliphatic carboxylic acids is 1. The van der Waals surface area contributed by atoms with E-state index in [4.69, 9.17) is 15.9 Å². The monoisotopic (exact) mass is 359 g/mol. The maximum Gasteiger partial charge on any atom is 0.303 e. The van der Waals surface area contributed by atoms with Gasteiger partial charge in [0, 0.05) is 13.0 Å². The second kappa shape index (κ2) is 23.1. The van der Waals surface area contributed by atoms with Crippen LogP contribution < -0.4 is 5.73 Å². The largest absolute Gasteiger partial charge is 0.481 e. The number of hydrogen-bond donors (Lipinski definition) is 4. The summed E-state index contributed by atoms with van der Waals surface area (Å²) in [4.78, 5) is 10.3. The average molecular weight is 360 g/mol. The Morgan fingerprint density at radius 2 is 1.60 bits per heavy atom. The van der Waals surface area contributed by atoms with Crippen LogP contribution in [0.15, 0.2) is 12.2 Å². The van der Waals surface area contributed by atoms with Crippen molar-refractivity contribution in [2.24, 2.45) is 5.73 Å². The minimum absolute atomic E-state index is 0.0972. The van der Waals surface area contributed by atoms with Crippen molar-refractivity contribution in [2.45, 2.75) is 96.5 Å². The van der Waals surface area contributed by atoms with Crippen molar-refractivity contribution >= 4 is 5.97 Å². The van der Waals surface area contributed by atoms with E-state index in [0.29, 0.717) is 13.0 Å². The molecule has 0 aliphatic rings. The highest BCUT2D eigenvalue weighted by Gasteiger charge is 2.00. The summed E-state index contributed by atoms with van der Waals surface area (Å²) in [6, 6.07) is 0. The third kappa shape index (κ3) is 28.2. The van der Waals surface area contributed by atoms with E-state index < -0.39 is 5.97 Å². The molecule has 0 radical (unpaired) electrons. The first-order chi connectivity index (χ1) is 12.1. The molecule has 0 heterocycles. The summed E-state index contributed by atoms with van der Waals surface area (Å²) in [6.07, 6.45) is 17.4. The van der Waals surface area contributed by atoms with Gasteiger partial charge >= 0.3 is 5.97 Å². The number of carboxylic acids is 1. The summed E-state index contributed by atoms with van der Waals surface area (Å²) in [6.45, 7) is 2.67. The molecule has 5 N–H and O–H groups in total. The maximum atomic E-state index is 10.3. The van der Waals surface area contributed by atoms with E-state index in [-0.39, 0.29) is 12.7 Å². The van der Waals surface area contributed by atoms with Crippen LogP contribution in [0.4, 0.5) is 0 Å². The molecule has 0 fully saturated rings. The fourth-order valence-electron chi connectivity index (χ4n) is 2.36. The quantitative estimate of drug-likeness (QED) is 0.246. The predicted molar refractivity (Wildman–Crippen MR) is 105 cm³/mol. The van der Waals surface area contributed by atoms with Crippen molar-refractivity contribution in [3.05, 3.63) is 12.2 Å². The smallest absolute Gasteiger partial charge is 0.303 e. The Morgan fingerprint density at radius 1 is 1.00 bits per heavy atom. The van der Waals surface area contributed by atoms with E-state index in [1.54, 1.807) is 0 Å². The first-order valence-electron chi connectivity index (χ1n) is 9.94. The van der Waals surface area contributed by atoms with Gasteiger partial charge in [-0.3, -0.25) is 4.79 Å². The van der Waals surface area contributed by atoms with E-state index in [0.717, 1.165) is 51.4 Å². The van der Waals surface area contributed by atoms with Gasteiger partial charge in [-0.15, -0.1) is 0 Å². The molecular formula is C20H41NO4. The van der Waals surface area contributed by atoms with Crippen LogP contribution in [0.1, 0.15) is 90.4 Å². The SMILES string of the molecule is CCCCCCC(O)C/C=C\CCCCCCCC(=O)O.NCCO. The van der Waals surface area contributed by atoms with E-state index in [1.165, 1.54) is 25.7 Å². The minimum Gasteiger partial charge on any atom is -0.481 e. The lowest BCUT2D eigenvalue weighted by atomic mass is 10.1. The highest BCUT2D eigenvalue weighted by Crippen LogP contribution is 2.10. The summed E-state index contributed by atoms with van der Waals surface area (Å²) in [5.41, 5.74) is 4.78. The Labute approximate surface area is 154 Å². The Hall–Kier alpha value is -0.910. The van der Waals surface area contributed by atoms with Crippen LogP contribution in [-0.2, 0) is 4.79 Å². The molecule has 0 aromatic rings. The van der Waals surface area contributed by atoms with E-state index >= 15 is 0 Å². The summed E-state index contributed by atoms with van der Waals surface area (Å²) in [7, 11) is 0. The van der Waals surface area contributed by atoms with Crippen molar-refractivity contribution in [3.63, 3.8) is 0 Å². The molecule has 25 heavy (non-hydrogen) atoms. The van der Waals surface area contributed by atoms with Crippen molar-refractivity contribution in [1.82, 2.24) is 0 Å². The topological polar surface area (TPSA) is 104 Å². The van der Waals surface area contributed by atoms with Crippen LogP contribution in [0.25, 0.3) is 0 Å². The van der Waals surface area contributed by atoms with Gasteiger partial charge in [0.15, 0.2) is 0 Å². The van der Waals surface area contributed by atoms with Crippen LogP contribution in [0, 0.1) is 0 Å². The highest BCUT2D eigenvalue weighted by molar-refractivity contribution is 5.66. The van der Waals surface area contributed by atoms with Gasteiger partial charge in [-0.25, -0.2) is 0 Å². The van der Waals surface area contributed by atoms with Crippen LogP contribution in [-0.4, -0.2) is 40.5 Å². The van der Waals surface area contributed by atoms with Gasteiger partial charge in [0.2, 0.25) is 0 Å². The lowest BCUT2D eigenvalue weighted by Crippen LogP contribution is -2.04. The zero-order chi connectivity index (χ0) is 19.2. The third-order valence-corrected chi connectivity index (χ3v) is 3.86. The molecule has 0 rings (SSSR count). The molecule has 0 saturated heterocycles. The molecule has 0 saturated carbocycles. The maximum absolute atomic E-state index is 10.3. The fraction of sp³-hybridized carbons (Fsp3) is 0.850. The Morgan fingerprint density at radius 3 is 2.20 bits per heavy atom. The molecule has 1 atom stereocenters. The molecule has 0 bridgehead atoms. The molecule has 150 valence electrons. The van der Waals surface area contributed by atoms with Gasteiger partial charge < -0.3 is 21.1 Å². The number of aliphatic hydroxyl groups is 2. The van der Waals surface area contributed by atoms with Crippen molar-refractivity contribution < 1.29 is 20.1 Å². The summed E-state index contributed by atoms with van der Waals surface area (Å²) in [5, 5.41) is 26.1. The number of hydrogen-bond acceptors (Lipinski definition) is 4. The summed E-state index contributed by atoms with van der Waals surface area (Å²) >= 11 is 0. The molecule has 5 nitrogen and oxygen atoms in total. The minimum atomic E-state index is -0.689. The standard InChI is InChI=1S/C18H34O3.C2H7NO/c1-2-3-4-11-14-17(19)15-12-9-7-5-6-8-10-13-16-18(20)21;3-1-2-4/h9,12,17,19H,2-8,10-11,13-16H2,1H3,(H,20,21);4H,1-3H2/b12-9-;. The molecule has 1 unspecified atom stereocenters. The molecule has 0 aromatic carbocycles. The molecule has 0 aliphatic heterocycles. The van der Waals surface area contributed by atoms with E-state index in [9.17, 15) is 9.90 Å². The van der Waals surface area contributed by atoms with Crippen LogP contribution in [0.3, 0.4) is 0 Å². The van der Waals surface area contributed by atoms with Gasteiger partial charge in [0.25, 0.3) is 0 Å². The molecule has 0 aromatic heterocycles. The van der Waals surface area contributed by atoms with E-state index in [2.05, 4.69) is 19.1 Å². The van der Waals surface area contributed by atoms with Crippen molar-refractivity contribution in [2.75, 3.05) is 13.2 Å². The fourth-order valence-corrected chi connectivity index (χ4v) is 2.36. The second-order valence-electron chi connectivity index (χ2n) is 6.42. The van der Waals surface area contributed by atoms with Crippen molar-refractivity contribution in [3.8, 4) is 0 Å². The zero-order valence-corrected chi connectivity index (χ0v) is 16.2. The summed E-state index contributed by atoms with van der Waals surface area (Å²) in [5.74, 6) is -0.689. The lowest BCUT2D eigenvalue weighted by molar-refractivity contribution is -0.137. The van der Waals surface area contributed by atoms with Gasteiger partial charge in [-0.2, -0.15) is 0 Å². The molecule has 0 spiro atoms. The first-order valence-corrected chi connectivity index (χ1v) is 9.94. The van der Waals surface area contributed by atoms with Gasteiger partial charge in [0.1, 0.15) is 0 Å².